The largest absolute Gasteiger partial charge is 0.291 e. The molecule has 84 valence electrons. The summed E-state index contributed by atoms with van der Waals surface area (Å²) >= 11 is 0. The van der Waals surface area contributed by atoms with Crippen LogP contribution in [0.4, 0.5) is 0 Å². The molecule has 2 nitrogen and oxygen atoms in total. The van der Waals surface area contributed by atoms with Gasteiger partial charge in [0.2, 0.25) is 0 Å². The number of benzene rings is 1. The molecule has 0 aromatic heterocycles. The van der Waals surface area contributed by atoms with Crippen LogP contribution in [-0.4, -0.2) is 24.5 Å². The minimum Gasteiger partial charge on any atom is -0.291 e. The number of nitriles is 1. The molecule has 0 N–H and O–H groups in total. The Kier molecular flexibility index (Phi) is 3.96. The highest BCUT2D eigenvalue weighted by molar-refractivity contribution is 5.19. The number of nitrogens with zero attached hydrogens (tertiary/aromatic N) is 2. The molecule has 1 fully saturated rings. The normalized spacial score (nSPS) is 22.3. The molecule has 1 aromatic carbocycles. The van der Waals surface area contributed by atoms with Crippen LogP contribution < -0.4 is 0 Å². The molecule has 1 aromatic rings. The van der Waals surface area contributed by atoms with E-state index in [1.165, 1.54) is 24.8 Å². The smallest absolute Gasteiger partial charge is 0.0865 e. The van der Waals surface area contributed by atoms with Crippen LogP contribution in [0.25, 0.3) is 0 Å². The molecule has 1 saturated heterocycles. The van der Waals surface area contributed by atoms with E-state index < -0.39 is 0 Å². The highest BCUT2D eigenvalue weighted by atomic mass is 15.1. The fourth-order valence-electron chi connectivity index (χ4n) is 2.47. The standard InChI is InChI=1S/C14H18N2/c15-9-12-16-10-4-7-14(8-11-16)13-5-2-1-3-6-13/h1-3,5-6,14H,4,7-8,10-12H2/t14-/m0/s1. The fourth-order valence-corrected chi connectivity index (χ4v) is 2.47. The van der Waals surface area contributed by atoms with Crippen molar-refractivity contribution in [2.45, 2.75) is 25.2 Å². The second kappa shape index (κ2) is 5.67. The molecule has 2 rings (SSSR count). The van der Waals surface area contributed by atoms with Gasteiger partial charge < -0.3 is 0 Å². The summed E-state index contributed by atoms with van der Waals surface area (Å²) in [6.45, 7) is 2.73. The number of hydrogen-bond acceptors (Lipinski definition) is 2. The van der Waals surface area contributed by atoms with Crippen LogP contribution in [0.15, 0.2) is 30.3 Å². The van der Waals surface area contributed by atoms with Gasteiger partial charge in [-0.05, 0) is 43.8 Å². The summed E-state index contributed by atoms with van der Waals surface area (Å²) in [5.41, 5.74) is 1.46. The molecule has 0 saturated carbocycles. The zero-order valence-corrected chi connectivity index (χ0v) is 9.60. The van der Waals surface area contributed by atoms with Gasteiger partial charge in [-0.3, -0.25) is 4.90 Å². The van der Waals surface area contributed by atoms with Crippen LogP contribution in [0.3, 0.4) is 0 Å². The van der Waals surface area contributed by atoms with Gasteiger partial charge in [-0.1, -0.05) is 30.3 Å². The molecule has 0 unspecified atom stereocenters. The topological polar surface area (TPSA) is 27.0 Å². The highest BCUT2D eigenvalue weighted by Gasteiger charge is 2.17. The Morgan fingerprint density at radius 3 is 2.75 bits per heavy atom. The number of rotatable bonds is 2. The van der Waals surface area contributed by atoms with Crippen molar-refractivity contribution in [1.29, 1.82) is 5.26 Å². The first-order valence-corrected chi connectivity index (χ1v) is 6.04. The van der Waals surface area contributed by atoms with Crippen LogP contribution in [0.1, 0.15) is 30.7 Å². The minimum absolute atomic E-state index is 0.585. The third kappa shape index (κ3) is 2.84. The molecule has 1 heterocycles. The van der Waals surface area contributed by atoms with E-state index in [0.717, 1.165) is 13.1 Å². The molecule has 2 heteroatoms. The van der Waals surface area contributed by atoms with Gasteiger partial charge in [-0.15, -0.1) is 0 Å². The average Bonchev–Trinajstić information content (AvgIpc) is 2.57. The van der Waals surface area contributed by atoms with Crippen LogP contribution >= 0.6 is 0 Å². The van der Waals surface area contributed by atoms with Gasteiger partial charge in [-0.2, -0.15) is 5.26 Å². The van der Waals surface area contributed by atoms with Crippen LogP contribution in [0, 0.1) is 11.3 Å². The number of likely N-dealkylation sites (tertiary alicyclic amines) is 1. The first-order valence-electron chi connectivity index (χ1n) is 6.04. The van der Waals surface area contributed by atoms with Crippen molar-refractivity contribution in [2.24, 2.45) is 0 Å². The summed E-state index contributed by atoms with van der Waals surface area (Å²) in [5, 5.41) is 8.70. The Balaban J connectivity index is 1.97. The van der Waals surface area contributed by atoms with Crippen molar-refractivity contribution in [3.05, 3.63) is 35.9 Å². The Bertz CT molecular complexity index is 353. The molecule has 0 aliphatic carbocycles. The second-order valence-corrected chi connectivity index (χ2v) is 4.47. The monoisotopic (exact) mass is 214 g/mol. The highest BCUT2D eigenvalue weighted by Crippen LogP contribution is 2.27. The lowest BCUT2D eigenvalue weighted by Gasteiger charge is -2.16. The molecular formula is C14H18N2. The summed E-state index contributed by atoms with van der Waals surface area (Å²) in [6, 6.07) is 13.0. The molecule has 0 bridgehead atoms. The maximum Gasteiger partial charge on any atom is 0.0865 e. The Morgan fingerprint density at radius 1 is 1.19 bits per heavy atom. The predicted octanol–water partition coefficient (Wildman–Crippen LogP) is 2.78. The van der Waals surface area contributed by atoms with Crippen LogP contribution in [0.5, 0.6) is 0 Å². The maximum atomic E-state index is 8.70. The fraction of sp³-hybridized carbons (Fsp3) is 0.500. The van der Waals surface area contributed by atoms with Gasteiger partial charge in [0, 0.05) is 0 Å². The van der Waals surface area contributed by atoms with E-state index in [4.69, 9.17) is 5.26 Å². The zero-order chi connectivity index (χ0) is 11.2. The van der Waals surface area contributed by atoms with Gasteiger partial charge in [-0.25, -0.2) is 0 Å². The molecule has 0 spiro atoms. The predicted molar refractivity (Wildman–Crippen MR) is 65.1 cm³/mol. The Morgan fingerprint density at radius 2 is 2.00 bits per heavy atom. The molecule has 1 atom stereocenters. The summed E-state index contributed by atoms with van der Waals surface area (Å²) in [5.74, 6) is 0.685. The van der Waals surface area contributed by atoms with Crippen molar-refractivity contribution in [3.63, 3.8) is 0 Å². The lowest BCUT2D eigenvalue weighted by Crippen LogP contribution is -2.24. The maximum absolute atomic E-state index is 8.70. The molecule has 0 radical (unpaired) electrons. The van der Waals surface area contributed by atoms with Crippen molar-refractivity contribution in [2.75, 3.05) is 19.6 Å². The van der Waals surface area contributed by atoms with Crippen LogP contribution in [-0.2, 0) is 0 Å². The van der Waals surface area contributed by atoms with Crippen molar-refractivity contribution < 1.29 is 0 Å². The van der Waals surface area contributed by atoms with E-state index in [0.29, 0.717) is 12.5 Å². The van der Waals surface area contributed by atoms with Crippen molar-refractivity contribution >= 4 is 0 Å². The van der Waals surface area contributed by atoms with Gasteiger partial charge >= 0.3 is 0 Å². The van der Waals surface area contributed by atoms with E-state index in [1.807, 2.05) is 0 Å². The second-order valence-electron chi connectivity index (χ2n) is 4.47. The molecule has 0 amide bonds. The summed E-state index contributed by atoms with van der Waals surface area (Å²) in [4.78, 5) is 2.27. The molecule has 1 aliphatic heterocycles. The van der Waals surface area contributed by atoms with Gasteiger partial charge in [0.05, 0.1) is 12.6 Å². The summed E-state index contributed by atoms with van der Waals surface area (Å²) in [7, 11) is 0. The number of hydrogen-bond donors (Lipinski definition) is 0. The molecule has 16 heavy (non-hydrogen) atoms. The lowest BCUT2D eigenvalue weighted by atomic mass is 9.92. The first kappa shape index (κ1) is 11.2. The average molecular weight is 214 g/mol. The SMILES string of the molecule is N#CCN1CCC[C@H](c2ccccc2)CC1. The molecular weight excluding hydrogens is 196 g/mol. The molecule has 1 aliphatic rings. The zero-order valence-electron chi connectivity index (χ0n) is 9.60. The van der Waals surface area contributed by atoms with E-state index >= 15 is 0 Å². The van der Waals surface area contributed by atoms with Gasteiger partial charge in [0.15, 0.2) is 0 Å². The van der Waals surface area contributed by atoms with Crippen molar-refractivity contribution in [1.82, 2.24) is 4.90 Å². The van der Waals surface area contributed by atoms with Gasteiger partial charge in [0.25, 0.3) is 0 Å². The first-order chi connectivity index (χ1) is 7.90. The quantitative estimate of drug-likeness (QED) is 0.708. The van der Waals surface area contributed by atoms with E-state index in [1.54, 1.807) is 0 Å². The third-order valence-corrected chi connectivity index (χ3v) is 3.39. The van der Waals surface area contributed by atoms with E-state index in [9.17, 15) is 0 Å². The summed E-state index contributed by atoms with van der Waals surface area (Å²) < 4.78 is 0. The van der Waals surface area contributed by atoms with Crippen molar-refractivity contribution in [3.8, 4) is 6.07 Å². The third-order valence-electron chi connectivity index (χ3n) is 3.39. The Hall–Kier alpha value is -1.33. The van der Waals surface area contributed by atoms with Crippen LogP contribution in [0.2, 0.25) is 0 Å². The van der Waals surface area contributed by atoms with E-state index in [2.05, 4.69) is 41.3 Å². The lowest BCUT2D eigenvalue weighted by molar-refractivity contribution is 0.318. The van der Waals surface area contributed by atoms with E-state index in [-0.39, 0.29) is 0 Å². The summed E-state index contributed by atoms with van der Waals surface area (Å²) in [6.07, 6.45) is 3.65. The Labute approximate surface area is 97.5 Å². The van der Waals surface area contributed by atoms with Gasteiger partial charge in [0.1, 0.15) is 0 Å². The minimum atomic E-state index is 0.585.